The van der Waals surface area contributed by atoms with E-state index in [0.29, 0.717) is 100.0 Å². The largest absolute Gasteiger partial charge is 0.488 e. The topological polar surface area (TPSA) is 157 Å². The van der Waals surface area contributed by atoms with Gasteiger partial charge in [0.05, 0.1) is 56.4 Å². The minimum Gasteiger partial charge on any atom is -0.488 e. The maximum atomic E-state index is 10.2. The van der Waals surface area contributed by atoms with Crippen LogP contribution < -0.4 is 18.9 Å². The van der Waals surface area contributed by atoms with Crippen LogP contribution in [-0.2, 0) is 32.9 Å². The number of hydrogen-bond donors (Lipinski definition) is 2. The van der Waals surface area contributed by atoms with E-state index in [9.17, 15) is 20.7 Å². The summed E-state index contributed by atoms with van der Waals surface area (Å²) in [6, 6.07) is 38.2. The van der Waals surface area contributed by atoms with Crippen LogP contribution in [0.2, 0.25) is 10.0 Å². The molecule has 14 heteroatoms. The van der Waals surface area contributed by atoms with Gasteiger partial charge in [0.1, 0.15) is 43.4 Å². The third kappa shape index (κ3) is 10.8. The lowest BCUT2D eigenvalue weighted by atomic mass is 9.95. The van der Waals surface area contributed by atoms with Crippen molar-refractivity contribution in [2.45, 2.75) is 64.9 Å². The lowest BCUT2D eigenvalue weighted by molar-refractivity contribution is 0.173. The van der Waals surface area contributed by atoms with E-state index in [0.717, 1.165) is 57.6 Å². The summed E-state index contributed by atoms with van der Waals surface area (Å²) in [5, 5.41) is 40.8. The average molecular weight is 948 g/mol. The Balaban J connectivity index is 0.966. The fourth-order valence-electron chi connectivity index (χ4n) is 8.79. The molecule has 9 rings (SSSR count). The molecule has 0 amide bonds. The average Bonchev–Trinajstić information content (AvgIpc) is 3.97. The number of nitriles is 2. The Hall–Kier alpha value is -6.74. The monoisotopic (exact) mass is 946 g/mol. The van der Waals surface area contributed by atoms with Crippen molar-refractivity contribution < 1.29 is 29.2 Å². The highest BCUT2D eigenvalue weighted by molar-refractivity contribution is 6.32. The molecule has 2 N–H and O–H groups in total. The Labute approximate surface area is 405 Å². The third-order valence-corrected chi connectivity index (χ3v) is 13.0. The molecule has 1 aromatic heterocycles. The molecule has 68 heavy (non-hydrogen) atoms. The number of rotatable bonds is 16. The van der Waals surface area contributed by atoms with E-state index >= 15 is 0 Å². The predicted molar refractivity (Wildman–Crippen MR) is 260 cm³/mol. The molecular weight excluding hydrogens is 900 g/mol. The van der Waals surface area contributed by atoms with Crippen LogP contribution >= 0.6 is 23.2 Å². The predicted octanol–water partition coefficient (Wildman–Crippen LogP) is 10.3. The van der Waals surface area contributed by atoms with E-state index in [1.54, 1.807) is 30.3 Å². The van der Waals surface area contributed by atoms with Crippen molar-refractivity contribution in [1.82, 2.24) is 19.8 Å². The van der Waals surface area contributed by atoms with Crippen LogP contribution in [0.15, 0.2) is 116 Å². The number of fused-ring (bicyclic) bond motifs is 1. The number of para-hydroxylation sites is 1. The molecule has 2 fully saturated rings. The summed E-state index contributed by atoms with van der Waals surface area (Å²) in [5.41, 5.74) is 8.94. The van der Waals surface area contributed by atoms with Crippen molar-refractivity contribution >= 4 is 34.1 Å². The van der Waals surface area contributed by atoms with E-state index in [1.165, 1.54) is 6.33 Å². The number of β-amino-alcohol motifs (C(OH)–C–C–N with tert-alkyl or cyclic N) is 2. The molecule has 2 atom stereocenters. The highest BCUT2D eigenvalue weighted by Crippen LogP contribution is 2.41. The van der Waals surface area contributed by atoms with E-state index in [2.05, 4.69) is 26.9 Å². The van der Waals surface area contributed by atoms with Crippen molar-refractivity contribution in [3.8, 4) is 52.1 Å². The minimum absolute atomic E-state index is 0.218. The quantitative estimate of drug-likeness (QED) is 0.0946. The molecule has 344 valence electrons. The Kier molecular flexibility index (Phi) is 14.4. The first-order valence-corrected chi connectivity index (χ1v) is 23.2. The number of benzene rings is 6. The number of aromatic nitrogens is 2. The molecule has 2 aliphatic rings. The zero-order valence-corrected chi connectivity index (χ0v) is 38.9. The number of hydrogen-bond acceptors (Lipinski definition) is 12. The van der Waals surface area contributed by atoms with Crippen LogP contribution in [0.25, 0.3) is 22.0 Å². The Morgan fingerprint density at radius 1 is 0.618 bits per heavy atom. The molecule has 3 heterocycles. The number of nitrogens with zero attached hydrogens (tertiary/aromatic N) is 6. The Morgan fingerprint density at radius 2 is 1.16 bits per heavy atom. The first kappa shape index (κ1) is 46.4. The third-order valence-electron chi connectivity index (χ3n) is 12.4. The summed E-state index contributed by atoms with van der Waals surface area (Å²) in [5.74, 6) is 2.30. The van der Waals surface area contributed by atoms with Crippen LogP contribution in [-0.4, -0.2) is 68.4 Å². The van der Waals surface area contributed by atoms with Gasteiger partial charge in [-0.2, -0.15) is 10.5 Å². The van der Waals surface area contributed by atoms with Gasteiger partial charge in [0, 0.05) is 68.1 Å². The van der Waals surface area contributed by atoms with Crippen molar-refractivity contribution in [1.29, 1.82) is 10.5 Å². The number of ether oxygens (including phenoxy) is 4. The van der Waals surface area contributed by atoms with Gasteiger partial charge in [-0.15, -0.1) is 0 Å². The summed E-state index contributed by atoms with van der Waals surface area (Å²) in [7, 11) is 0. The fourth-order valence-corrected chi connectivity index (χ4v) is 9.25. The first-order valence-electron chi connectivity index (χ1n) is 22.4. The van der Waals surface area contributed by atoms with Crippen molar-refractivity contribution in [2.75, 3.05) is 26.2 Å². The number of likely N-dealkylation sites (tertiary alicyclic amines) is 2. The maximum absolute atomic E-state index is 10.2. The van der Waals surface area contributed by atoms with Gasteiger partial charge < -0.3 is 29.2 Å². The van der Waals surface area contributed by atoms with Crippen LogP contribution in [0.4, 0.5) is 0 Å². The van der Waals surface area contributed by atoms with Crippen LogP contribution in [0.1, 0.15) is 57.3 Å². The standard InChI is InChI=1S/C54H48Cl2N6O6/c1-34-39(32-67-51-22-49(65-30-37-8-2-6-35(18-37)24-57)40(20-47(51)55)26-61-16-14-42(63)28-61)10-4-11-44(34)45-12-5-13-46-53(45)59-33-60-54(46)68-52-23-50(66-31-38-9-3-7-36(19-38)25-58)41(21-48(52)56)27-62-17-15-43(64)29-62/h2-13,18-23,33,42-43,63-64H,14-17,26-32H2,1H3/t42-,43-/m1/s1. The molecule has 6 aromatic carbocycles. The molecule has 2 aliphatic heterocycles. The molecule has 0 unspecified atom stereocenters. The van der Waals surface area contributed by atoms with Gasteiger partial charge in [-0.05, 0) is 90.0 Å². The lowest BCUT2D eigenvalue weighted by Crippen LogP contribution is -2.22. The number of aliphatic hydroxyl groups is 2. The molecule has 2 saturated heterocycles. The Bertz CT molecular complexity index is 3060. The molecule has 0 aliphatic carbocycles. The lowest BCUT2D eigenvalue weighted by Gasteiger charge is -2.20. The molecular formula is C54H48Cl2N6O6. The first-order chi connectivity index (χ1) is 33.1. The second-order valence-corrected chi connectivity index (χ2v) is 18.0. The fraction of sp³-hybridized carbons (Fsp3) is 0.259. The van der Waals surface area contributed by atoms with Gasteiger partial charge in [0.15, 0.2) is 5.75 Å². The van der Waals surface area contributed by atoms with Crippen molar-refractivity contribution in [3.05, 3.63) is 170 Å². The molecule has 0 saturated carbocycles. The Morgan fingerprint density at radius 3 is 1.75 bits per heavy atom. The van der Waals surface area contributed by atoms with E-state index in [1.807, 2.05) is 85.8 Å². The molecule has 0 spiro atoms. The van der Waals surface area contributed by atoms with Crippen molar-refractivity contribution in [2.24, 2.45) is 0 Å². The van der Waals surface area contributed by atoms with Crippen LogP contribution in [0, 0.1) is 29.6 Å². The molecule has 0 radical (unpaired) electrons. The molecule has 7 aromatic rings. The summed E-state index contributed by atoms with van der Waals surface area (Å²) >= 11 is 13.9. The van der Waals surface area contributed by atoms with Gasteiger partial charge >= 0.3 is 0 Å². The summed E-state index contributed by atoms with van der Waals surface area (Å²) < 4.78 is 25.8. The summed E-state index contributed by atoms with van der Waals surface area (Å²) in [6.45, 7) is 6.44. The van der Waals surface area contributed by atoms with Gasteiger partial charge in [-0.25, -0.2) is 9.97 Å². The number of halogens is 2. The van der Waals surface area contributed by atoms with E-state index in [-0.39, 0.29) is 32.0 Å². The zero-order chi connectivity index (χ0) is 47.1. The second-order valence-electron chi connectivity index (χ2n) is 17.2. The SMILES string of the molecule is Cc1c(COc2cc(OCc3cccc(C#N)c3)c(CN3CC[C@@H](O)C3)cc2Cl)cccc1-c1cccc2c(Oc3cc(OCc4cccc(C#N)c4)c(CN4CC[C@@H](O)C4)cc3Cl)ncnc12. The molecule has 0 bridgehead atoms. The van der Waals surface area contributed by atoms with Gasteiger partial charge in [-0.1, -0.05) is 77.8 Å². The highest BCUT2D eigenvalue weighted by atomic mass is 35.5. The second kappa shape index (κ2) is 21.1. The van der Waals surface area contributed by atoms with Crippen molar-refractivity contribution in [3.63, 3.8) is 0 Å². The van der Waals surface area contributed by atoms with Gasteiger partial charge in [0.25, 0.3) is 0 Å². The smallest absolute Gasteiger partial charge is 0.230 e. The molecule has 12 nitrogen and oxygen atoms in total. The maximum Gasteiger partial charge on any atom is 0.230 e. The van der Waals surface area contributed by atoms with Crippen LogP contribution in [0.3, 0.4) is 0 Å². The normalized spacial score (nSPS) is 16.1. The van der Waals surface area contributed by atoms with E-state index < -0.39 is 0 Å². The summed E-state index contributed by atoms with van der Waals surface area (Å²) in [6.07, 6.45) is 2.13. The van der Waals surface area contributed by atoms with Gasteiger partial charge in [-0.3, -0.25) is 9.80 Å². The summed E-state index contributed by atoms with van der Waals surface area (Å²) in [4.78, 5) is 13.6. The zero-order valence-electron chi connectivity index (χ0n) is 37.4. The number of aliphatic hydroxyl groups excluding tert-OH is 2. The van der Waals surface area contributed by atoms with Crippen LogP contribution in [0.5, 0.6) is 28.9 Å². The van der Waals surface area contributed by atoms with Gasteiger partial charge in [0.2, 0.25) is 5.88 Å². The minimum atomic E-state index is -0.381. The van der Waals surface area contributed by atoms with E-state index in [4.69, 9.17) is 47.1 Å². The highest BCUT2D eigenvalue weighted by Gasteiger charge is 2.25.